The summed E-state index contributed by atoms with van der Waals surface area (Å²) in [6, 6.07) is 0.417. The van der Waals surface area contributed by atoms with Crippen molar-refractivity contribution in [3.8, 4) is 0 Å². The minimum Gasteiger partial charge on any atom is -0.310 e. The van der Waals surface area contributed by atoms with Crippen LogP contribution in [0.3, 0.4) is 0 Å². The largest absolute Gasteiger partial charge is 0.310 e. The maximum Gasteiger partial charge on any atom is 0.0644 e. The van der Waals surface area contributed by atoms with Crippen molar-refractivity contribution < 1.29 is 0 Å². The van der Waals surface area contributed by atoms with E-state index in [4.69, 9.17) is 5.10 Å². The molecule has 1 aromatic rings. The van der Waals surface area contributed by atoms with Gasteiger partial charge in [0, 0.05) is 23.8 Å². The first-order valence-corrected chi connectivity index (χ1v) is 7.40. The fraction of sp³-hybridized carbons (Fsp3) is 0.800. The molecule has 2 rings (SSSR count). The monoisotopic (exact) mass is 249 g/mol. The summed E-state index contributed by atoms with van der Waals surface area (Å²) in [5, 5.41) is 8.31. The van der Waals surface area contributed by atoms with Crippen molar-refractivity contribution in [3.05, 3.63) is 17.0 Å². The Morgan fingerprint density at radius 2 is 2.11 bits per heavy atom. The number of hydrogen-bond acceptors (Lipinski definition) is 2. The molecule has 1 N–H and O–H groups in total. The molecule has 1 aromatic heterocycles. The van der Waals surface area contributed by atoms with Crippen LogP contribution >= 0.6 is 0 Å². The van der Waals surface area contributed by atoms with E-state index in [0.717, 1.165) is 19.0 Å². The SMILES string of the molecule is CCCNC(C)c1c(C)nn(CC2CCC2)c1C. The lowest BCUT2D eigenvalue weighted by molar-refractivity contribution is 0.264. The molecule has 0 spiro atoms. The number of nitrogens with zero attached hydrogens (tertiary/aromatic N) is 2. The van der Waals surface area contributed by atoms with Crippen molar-refractivity contribution in [1.29, 1.82) is 0 Å². The Kier molecular flexibility index (Phi) is 4.44. The molecule has 3 heteroatoms. The molecule has 0 aliphatic heterocycles. The average molecular weight is 249 g/mol. The smallest absolute Gasteiger partial charge is 0.0644 e. The minimum atomic E-state index is 0.417. The summed E-state index contributed by atoms with van der Waals surface area (Å²) < 4.78 is 2.23. The second-order valence-electron chi connectivity index (χ2n) is 5.74. The van der Waals surface area contributed by atoms with E-state index >= 15 is 0 Å². The summed E-state index contributed by atoms with van der Waals surface area (Å²) >= 11 is 0. The van der Waals surface area contributed by atoms with Gasteiger partial charge in [0.15, 0.2) is 0 Å². The number of hydrogen-bond donors (Lipinski definition) is 1. The number of nitrogens with one attached hydrogen (secondary N) is 1. The standard InChI is InChI=1S/C15H27N3/c1-5-9-16-11(2)15-12(3)17-18(13(15)4)10-14-7-6-8-14/h11,14,16H,5-10H2,1-4H3. The molecule has 1 aliphatic carbocycles. The summed E-state index contributed by atoms with van der Waals surface area (Å²) in [6.45, 7) is 11.0. The number of aromatic nitrogens is 2. The van der Waals surface area contributed by atoms with Crippen molar-refractivity contribution in [3.63, 3.8) is 0 Å². The van der Waals surface area contributed by atoms with Crippen LogP contribution in [0.5, 0.6) is 0 Å². The maximum absolute atomic E-state index is 4.74. The lowest BCUT2D eigenvalue weighted by atomic mass is 9.85. The second-order valence-corrected chi connectivity index (χ2v) is 5.74. The predicted molar refractivity (Wildman–Crippen MR) is 75.8 cm³/mol. The van der Waals surface area contributed by atoms with E-state index < -0.39 is 0 Å². The molecule has 0 radical (unpaired) electrons. The summed E-state index contributed by atoms with van der Waals surface area (Å²) in [5.74, 6) is 0.870. The minimum absolute atomic E-state index is 0.417. The Morgan fingerprint density at radius 3 is 2.67 bits per heavy atom. The molecular formula is C15H27N3. The highest BCUT2D eigenvalue weighted by Gasteiger charge is 2.22. The van der Waals surface area contributed by atoms with Crippen molar-refractivity contribution >= 4 is 0 Å². The van der Waals surface area contributed by atoms with E-state index in [1.165, 1.54) is 42.6 Å². The zero-order chi connectivity index (χ0) is 13.1. The molecule has 18 heavy (non-hydrogen) atoms. The third-order valence-corrected chi connectivity index (χ3v) is 4.23. The molecule has 3 nitrogen and oxygen atoms in total. The van der Waals surface area contributed by atoms with E-state index in [-0.39, 0.29) is 0 Å². The van der Waals surface area contributed by atoms with E-state index in [0.29, 0.717) is 6.04 Å². The van der Waals surface area contributed by atoms with Gasteiger partial charge in [-0.2, -0.15) is 5.10 Å². The molecule has 1 unspecified atom stereocenters. The molecule has 0 saturated heterocycles. The van der Waals surface area contributed by atoms with Gasteiger partial charge < -0.3 is 5.32 Å². The maximum atomic E-state index is 4.74. The Hall–Kier alpha value is -0.830. The first-order valence-electron chi connectivity index (χ1n) is 7.40. The second kappa shape index (κ2) is 5.87. The van der Waals surface area contributed by atoms with E-state index in [1.54, 1.807) is 0 Å². The summed E-state index contributed by atoms with van der Waals surface area (Å²) in [4.78, 5) is 0. The number of rotatable bonds is 6. The predicted octanol–water partition coefficient (Wildman–Crippen LogP) is 3.36. The van der Waals surface area contributed by atoms with E-state index in [1.807, 2.05) is 0 Å². The van der Waals surface area contributed by atoms with Gasteiger partial charge in [0.05, 0.1) is 5.69 Å². The van der Waals surface area contributed by atoms with E-state index in [9.17, 15) is 0 Å². The van der Waals surface area contributed by atoms with Crippen LogP contribution in [0, 0.1) is 19.8 Å². The average Bonchev–Trinajstić information content (AvgIpc) is 2.56. The van der Waals surface area contributed by atoms with Crippen LogP contribution in [0.25, 0.3) is 0 Å². The molecule has 1 aliphatic rings. The van der Waals surface area contributed by atoms with Crippen molar-refractivity contribution in [2.24, 2.45) is 5.92 Å². The van der Waals surface area contributed by atoms with Crippen molar-refractivity contribution in [1.82, 2.24) is 15.1 Å². The van der Waals surface area contributed by atoms with Crippen LogP contribution in [0.1, 0.15) is 62.5 Å². The third kappa shape index (κ3) is 2.77. The molecule has 1 heterocycles. The van der Waals surface area contributed by atoms with Gasteiger partial charge in [-0.15, -0.1) is 0 Å². The Labute approximate surface area is 111 Å². The van der Waals surface area contributed by atoms with Crippen LogP contribution in [-0.2, 0) is 6.54 Å². The molecule has 102 valence electrons. The first kappa shape index (κ1) is 13.6. The summed E-state index contributed by atoms with van der Waals surface area (Å²) in [6.07, 6.45) is 5.36. The van der Waals surface area contributed by atoms with Crippen LogP contribution in [0.15, 0.2) is 0 Å². The van der Waals surface area contributed by atoms with Crippen molar-refractivity contribution in [2.45, 2.75) is 66.0 Å². The summed E-state index contributed by atoms with van der Waals surface area (Å²) in [5.41, 5.74) is 3.96. The topological polar surface area (TPSA) is 29.9 Å². The highest BCUT2D eigenvalue weighted by Crippen LogP contribution is 2.29. The van der Waals surface area contributed by atoms with E-state index in [2.05, 4.69) is 37.7 Å². The van der Waals surface area contributed by atoms with Crippen LogP contribution in [0.4, 0.5) is 0 Å². The number of aryl methyl sites for hydroxylation is 1. The molecule has 1 atom stereocenters. The first-order chi connectivity index (χ1) is 8.63. The van der Waals surface area contributed by atoms with Crippen molar-refractivity contribution in [2.75, 3.05) is 6.54 Å². The quantitative estimate of drug-likeness (QED) is 0.838. The fourth-order valence-corrected chi connectivity index (χ4v) is 2.90. The van der Waals surface area contributed by atoms with Gasteiger partial charge in [-0.1, -0.05) is 13.3 Å². The van der Waals surface area contributed by atoms with Gasteiger partial charge in [-0.3, -0.25) is 4.68 Å². The molecule has 1 saturated carbocycles. The highest BCUT2D eigenvalue weighted by molar-refractivity contribution is 5.27. The molecular weight excluding hydrogens is 222 g/mol. The zero-order valence-corrected chi connectivity index (χ0v) is 12.3. The third-order valence-electron chi connectivity index (χ3n) is 4.23. The Bertz CT molecular complexity index is 391. The van der Waals surface area contributed by atoms with Gasteiger partial charge in [0.2, 0.25) is 0 Å². The Balaban J connectivity index is 2.09. The highest BCUT2D eigenvalue weighted by atomic mass is 15.3. The van der Waals surface area contributed by atoms with Gasteiger partial charge in [0.1, 0.15) is 0 Å². The van der Waals surface area contributed by atoms with Gasteiger partial charge >= 0.3 is 0 Å². The van der Waals surface area contributed by atoms with Gasteiger partial charge in [-0.05, 0) is 52.5 Å². The fourth-order valence-electron chi connectivity index (χ4n) is 2.90. The molecule has 0 amide bonds. The van der Waals surface area contributed by atoms with Crippen LogP contribution in [0.2, 0.25) is 0 Å². The van der Waals surface area contributed by atoms with Crippen LogP contribution < -0.4 is 5.32 Å². The normalized spacial score (nSPS) is 17.8. The zero-order valence-electron chi connectivity index (χ0n) is 12.3. The van der Waals surface area contributed by atoms with Crippen LogP contribution in [-0.4, -0.2) is 16.3 Å². The van der Waals surface area contributed by atoms with Gasteiger partial charge in [0.25, 0.3) is 0 Å². The lowest BCUT2D eigenvalue weighted by Gasteiger charge is -2.25. The summed E-state index contributed by atoms with van der Waals surface area (Å²) in [7, 11) is 0. The van der Waals surface area contributed by atoms with Gasteiger partial charge in [-0.25, -0.2) is 0 Å². The lowest BCUT2D eigenvalue weighted by Crippen LogP contribution is -2.21. The molecule has 0 aromatic carbocycles. The molecule has 1 fully saturated rings. The Morgan fingerprint density at radius 1 is 1.39 bits per heavy atom. The molecule has 0 bridgehead atoms.